The predicted molar refractivity (Wildman–Crippen MR) is 156 cm³/mol. The number of anilines is 2. The first-order chi connectivity index (χ1) is 18.8. The predicted octanol–water partition coefficient (Wildman–Crippen LogP) is 3.95. The van der Waals surface area contributed by atoms with E-state index in [0.717, 1.165) is 67.0 Å². The van der Waals surface area contributed by atoms with Crippen molar-refractivity contribution in [2.24, 2.45) is 0 Å². The number of aromatic nitrogens is 3. The van der Waals surface area contributed by atoms with Gasteiger partial charge in [0.05, 0.1) is 34.0 Å². The van der Waals surface area contributed by atoms with Gasteiger partial charge >= 0.3 is 0 Å². The van der Waals surface area contributed by atoms with Crippen LogP contribution in [-0.2, 0) is 10.0 Å². The van der Waals surface area contributed by atoms with Crippen molar-refractivity contribution in [3.63, 3.8) is 0 Å². The first kappa shape index (κ1) is 27.0. The number of piperidine rings is 1. The molecule has 1 aliphatic rings. The number of likely N-dealkylation sites (N-methyl/N-ethyl adjacent to an activating group) is 2. The van der Waals surface area contributed by atoms with Crippen LogP contribution in [0.15, 0.2) is 78.1 Å². The summed E-state index contributed by atoms with van der Waals surface area (Å²) in [6, 6.07) is 16.5. The Morgan fingerprint density at radius 2 is 1.67 bits per heavy atom. The van der Waals surface area contributed by atoms with Crippen molar-refractivity contribution in [3.8, 4) is 11.1 Å². The molecule has 1 N–H and O–H groups in total. The molecule has 0 bridgehead atoms. The van der Waals surface area contributed by atoms with E-state index in [1.54, 1.807) is 42.6 Å². The Labute approximate surface area is 230 Å². The van der Waals surface area contributed by atoms with E-state index in [-0.39, 0.29) is 4.90 Å². The van der Waals surface area contributed by atoms with Gasteiger partial charge < -0.3 is 14.7 Å². The summed E-state index contributed by atoms with van der Waals surface area (Å²) in [5.41, 5.74) is 3.69. The number of sulfonamides is 1. The van der Waals surface area contributed by atoms with E-state index in [1.165, 1.54) is 6.20 Å². The fourth-order valence-corrected chi connectivity index (χ4v) is 5.93. The molecule has 10 heteroatoms. The Morgan fingerprint density at radius 1 is 0.897 bits per heavy atom. The highest BCUT2D eigenvalue weighted by molar-refractivity contribution is 7.92. The Hall–Kier alpha value is -3.60. The number of rotatable bonds is 9. The van der Waals surface area contributed by atoms with Crippen LogP contribution in [0.3, 0.4) is 0 Å². The smallest absolute Gasteiger partial charge is 0.261 e. The van der Waals surface area contributed by atoms with Gasteiger partial charge in [0, 0.05) is 44.0 Å². The maximum Gasteiger partial charge on any atom is 0.261 e. The standard InChI is InChI=1S/C29H35N7O2S/c1-34(2)15-16-35(3)25-11-13-36(14-12-25)29-21-31-27-10-9-22(18-28(27)32-29)23-17-24(20-30-19-23)33-39(37,38)26-7-5-4-6-8-26/h4-10,17-21,25,33H,11-16H2,1-3H3. The molecule has 0 radical (unpaired) electrons. The first-order valence-corrected chi connectivity index (χ1v) is 14.7. The lowest BCUT2D eigenvalue weighted by Gasteiger charge is -2.37. The highest BCUT2D eigenvalue weighted by Gasteiger charge is 2.23. The zero-order valence-corrected chi connectivity index (χ0v) is 23.5. The van der Waals surface area contributed by atoms with Crippen molar-refractivity contribution in [2.75, 3.05) is 56.9 Å². The third-order valence-electron chi connectivity index (χ3n) is 7.22. The molecule has 0 spiro atoms. The molecule has 0 aliphatic carbocycles. The fourth-order valence-electron chi connectivity index (χ4n) is 4.88. The molecule has 0 saturated carbocycles. The minimum Gasteiger partial charge on any atom is -0.355 e. The normalized spacial score (nSPS) is 14.8. The number of hydrogen-bond donors (Lipinski definition) is 1. The van der Waals surface area contributed by atoms with Crippen LogP contribution in [0, 0.1) is 0 Å². The summed E-state index contributed by atoms with van der Waals surface area (Å²) in [6.07, 6.45) is 7.28. The van der Waals surface area contributed by atoms with Crippen molar-refractivity contribution in [2.45, 2.75) is 23.8 Å². The van der Waals surface area contributed by atoms with Crippen molar-refractivity contribution in [1.82, 2.24) is 24.8 Å². The maximum atomic E-state index is 12.8. The van der Waals surface area contributed by atoms with Crippen molar-refractivity contribution in [1.29, 1.82) is 0 Å². The topological polar surface area (TPSA) is 94.6 Å². The molecule has 1 saturated heterocycles. The second-order valence-corrected chi connectivity index (χ2v) is 12.0. The molecule has 39 heavy (non-hydrogen) atoms. The van der Waals surface area contributed by atoms with Crippen molar-refractivity contribution in [3.05, 3.63) is 73.2 Å². The molecule has 5 rings (SSSR count). The molecule has 3 heterocycles. The molecule has 1 aliphatic heterocycles. The average molecular weight is 546 g/mol. The molecular weight excluding hydrogens is 510 g/mol. The average Bonchev–Trinajstić information content (AvgIpc) is 2.96. The highest BCUT2D eigenvalue weighted by Crippen LogP contribution is 2.27. The molecule has 0 unspecified atom stereocenters. The van der Waals surface area contributed by atoms with Crippen LogP contribution in [0.5, 0.6) is 0 Å². The summed E-state index contributed by atoms with van der Waals surface area (Å²) in [4.78, 5) is 21.1. The SMILES string of the molecule is CN(C)CCN(C)C1CCN(c2cnc3ccc(-c4cncc(NS(=O)(=O)c5ccccc5)c4)cc3n2)CC1. The largest absolute Gasteiger partial charge is 0.355 e. The van der Waals surface area contributed by atoms with Crippen LogP contribution >= 0.6 is 0 Å². The molecule has 4 aromatic rings. The number of benzene rings is 2. The van der Waals surface area contributed by atoms with Gasteiger partial charge in [0.15, 0.2) is 0 Å². The molecule has 0 amide bonds. The number of nitrogens with zero attached hydrogens (tertiary/aromatic N) is 6. The molecular formula is C29H35N7O2S. The van der Waals surface area contributed by atoms with E-state index in [4.69, 9.17) is 4.98 Å². The molecule has 0 atom stereocenters. The number of hydrogen-bond acceptors (Lipinski definition) is 8. The van der Waals surface area contributed by atoms with Crippen LogP contribution in [0.4, 0.5) is 11.5 Å². The van der Waals surface area contributed by atoms with Gasteiger partial charge in [-0.3, -0.25) is 14.7 Å². The van der Waals surface area contributed by atoms with Gasteiger partial charge in [-0.2, -0.15) is 0 Å². The van der Waals surface area contributed by atoms with E-state index in [9.17, 15) is 8.42 Å². The van der Waals surface area contributed by atoms with Gasteiger partial charge in [0.25, 0.3) is 10.0 Å². The Morgan fingerprint density at radius 3 is 2.41 bits per heavy atom. The van der Waals surface area contributed by atoms with Crippen LogP contribution in [-0.4, -0.2) is 86.5 Å². The zero-order chi connectivity index (χ0) is 27.4. The summed E-state index contributed by atoms with van der Waals surface area (Å²) >= 11 is 0. The minimum absolute atomic E-state index is 0.202. The quantitative estimate of drug-likeness (QED) is 0.338. The summed E-state index contributed by atoms with van der Waals surface area (Å²) in [5.74, 6) is 0.886. The lowest BCUT2D eigenvalue weighted by Crippen LogP contribution is -2.45. The Bertz CT molecular complexity index is 1520. The Kier molecular flexibility index (Phi) is 8.06. The molecule has 2 aromatic carbocycles. The minimum atomic E-state index is -3.70. The third-order valence-corrected chi connectivity index (χ3v) is 8.62. The molecule has 9 nitrogen and oxygen atoms in total. The van der Waals surface area contributed by atoms with E-state index < -0.39 is 10.0 Å². The van der Waals surface area contributed by atoms with Crippen LogP contribution < -0.4 is 9.62 Å². The summed E-state index contributed by atoms with van der Waals surface area (Å²) in [6.45, 7) is 4.03. The van der Waals surface area contributed by atoms with Gasteiger partial charge in [0.2, 0.25) is 0 Å². The van der Waals surface area contributed by atoms with Crippen LogP contribution in [0.1, 0.15) is 12.8 Å². The van der Waals surface area contributed by atoms with Gasteiger partial charge in [-0.25, -0.2) is 13.4 Å². The summed E-state index contributed by atoms with van der Waals surface area (Å²) < 4.78 is 28.2. The second-order valence-electron chi connectivity index (χ2n) is 10.3. The van der Waals surface area contributed by atoms with E-state index in [1.807, 2.05) is 24.4 Å². The Balaban J connectivity index is 1.31. The lowest BCUT2D eigenvalue weighted by molar-refractivity contribution is 0.190. The number of fused-ring (bicyclic) bond motifs is 1. The molecule has 2 aromatic heterocycles. The summed E-state index contributed by atoms with van der Waals surface area (Å²) in [7, 11) is 2.74. The maximum absolute atomic E-state index is 12.8. The van der Waals surface area contributed by atoms with E-state index >= 15 is 0 Å². The lowest BCUT2D eigenvalue weighted by atomic mass is 10.0. The number of pyridine rings is 1. The fraction of sp³-hybridized carbons (Fsp3) is 0.345. The van der Waals surface area contributed by atoms with Gasteiger partial charge in [-0.05, 0) is 69.9 Å². The monoisotopic (exact) mass is 545 g/mol. The number of nitrogens with one attached hydrogen (secondary N) is 1. The molecule has 1 fully saturated rings. The third kappa shape index (κ3) is 6.52. The van der Waals surface area contributed by atoms with E-state index in [2.05, 4.69) is 50.5 Å². The van der Waals surface area contributed by atoms with Crippen molar-refractivity contribution < 1.29 is 8.42 Å². The van der Waals surface area contributed by atoms with Crippen LogP contribution in [0.2, 0.25) is 0 Å². The van der Waals surface area contributed by atoms with Crippen LogP contribution in [0.25, 0.3) is 22.2 Å². The first-order valence-electron chi connectivity index (χ1n) is 13.2. The summed E-state index contributed by atoms with van der Waals surface area (Å²) in [5, 5.41) is 0. The van der Waals surface area contributed by atoms with Gasteiger partial charge in [-0.15, -0.1) is 0 Å². The second kappa shape index (κ2) is 11.6. The van der Waals surface area contributed by atoms with E-state index in [0.29, 0.717) is 11.7 Å². The van der Waals surface area contributed by atoms with Gasteiger partial charge in [0.1, 0.15) is 5.82 Å². The zero-order valence-electron chi connectivity index (χ0n) is 22.7. The molecule has 204 valence electrons. The highest BCUT2D eigenvalue weighted by atomic mass is 32.2. The van der Waals surface area contributed by atoms with Crippen molar-refractivity contribution >= 4 is 32.6 Å². The van der Waals surface area contributed by atoms with Gasteiger partial charge in [-0.1, -0.05) is 24.3 Å².